The van der Waals surface area contributed by atoms with E-state index in [4.69, 9.17) is 4.74 Å². The van der Waals surface area contributed by atoms with Crippen molar-refractivity contribution in [2.45, 2.75) is 37.9 Å². The van der Waals surface area contributed by atoms with E-state index >= 15 is 0 Å². The lowest BCUT2D eigenvalue weighted by molar-refractivity contribution is -0.137. The molecule has 0 spiro atoms. The molecule has 0 fully saturated rings. The van der Waals surface area contributed by atoms with E-state index in [1.165, 1.54) is 30.3 Å². The van der Waals surface area contributed by atoms with Crippen molar-refractivity contribution in [3.05, 3.63) is 83.4 Å². The van der Waals surface area contributed by atoms with E-state index < -0.39 is 33.8 Å². The fourth-order valence-corrected chi connectivity index (χ4v) is 4.08. The first-order valence-electron chi connectivity index (χ1n) is 10.2. The molecule has 0 aliphatic carbocycles. The summed E-state index contributed by atoms with van der Waals surface area (Å²) in [7, 11) is -4.14. The zero-order chi connectivity index (χ0) is 25.1. The summed E-state index contributed by atoms with van der Waals surface area (Å²) < 4.78 is 71.6. The molecule has 0 radical (unpaired) electrons. The van der Waals surface area contributed by atoms with E-state index in [0.29, 0.717) is 17.5 Å². The van der Waals surface area contributed by atoms with Crippen LogP contribution in [-0.4, -0.2) is 20.4 Å². The molecule has 3 aromatic rings. The summed E-state index contributed by atoms with van der Waals surface area (Å²) in [6.07, 6.45) is -5.41. The number of amides is 1. The molecule has 3 aromatic carbocycles. The number of nitrogens with one attached hydrogen (secondary N) is 2. The number of rotatable bonds is 7. The summed E-state index contributed by atoms with van der Waals surface area (Å²) in [4.78, 5) is 12.3. The van der Waals surface area contributed by atoms with Crippen LogP contribution >= 0.6 is 0 Å². The Morgan fingerprint density at radius 1 is 0.941 bits per heavy atom. The summed E-state index contributed by atoms with van der Waals surface area (Å²) in [5, 5.41) is 2.64. The quantitative estimate of drug-likeness (QED) is 0.454. The van der Waals surface area contributed by atoms with Crippen molar-refractivity contribution < 1.29 is 31.1 Å². The zero-order valence-electron chi connectivity index (χ0n) is 18.6. The van der Waals surface area contributed by atoms with E-state index in [0.717, 1.165) is 23.3 Å². The molecule has 0 bridgehead atoms. The molecule has 3 rings (SSSR count). The van der Waals surface area contributed by atoms with Gasteiger partial charge in [-0.15, -0.1) is 0 Å². The van der Waals surface area contributed by atoms with Crippen molar-refractivity contribution in [2.75, 3.05) is 10.0 Å². The maximum absolute atomic E-state index is 12.9. The number of alkyl halides is 3. The van der Waals surface area contributed by atoms with Gasteiger partial charge in [0.2, 0.25) is 0 Å². The van der Waals surface area contributed by atoms with Crippen molar-refractivity contribution in [1.29, 1.82) is 0 Å². The van der Waals surface area contributed by atoms with Gasteiger partial charge < -0.3 is 10.1 Å². The van der Waals surface area contributed by atoms with Crippen LogP contribution in [0.4, 0.5) is 24.5 Å². The minimum Gasteiger partial charge on any atom is -0.481 e. The van der Waals surface area contributed by atoms with Crippen LogP contribution in [0.1, 0.15) is 23.6 Å². The number of sulfonamides is 1. The highest BCUT2D eigenvalue weighted by Crippen LogP contribution is 2.31. The van der Waals surface area contributed by atoms with Gasteiger partial charge >= 0.3 is 6.18 Å². The molecule has 2 N–H and O–H groups in total. The van der Waals surface area contributed by atoms with Gasteiger partial charge in [0, 0.05) is 11.4 Å². The molecular weight excluding hydrogens is 469 g/mol. The fraction of sp³-hybridized carbons (Fsp3) is 0.208. The highest BCUT2D eigenvalue weighted by atomic mass is 32.2. The number of carbonyl (C=O) groups excluding carboxylic acids is 1. The molecule has 34 heavy (non-hydrogen) atoms. The summed E-state index contributed by atoms with van der Waals surface area (Å²) in [5.41, 5.74) is 1.10. The largest absolute Gasteiger partial charge is 0.481 e. The Morgan fingerprint density at radius 2 is 1.59 bits per heavy atom. The molecular formula is C24H23F3N2O4S. The third-order valence-corrected chi connectivity index (χ3v) is 6.50. The topological polar surface area (TPSA) is 84.5 Å². The summed E-state index contributed by atoms with van der Waals surface area (Å²) >= 11 is 0. The number of halogens is 3. The first kappa shape index (κ1) is 25.1. The number of carbonyl (C=O) groups is 1. The maximum Gasteiger partial charge on any atom is 0.416 e. The second-order valence-electron chi connectivity index (χ2n) is 7.66. The number of ether oxygens (including phenoxy) is 1. The van der Waals surface area contributed by atoms with Gasteiger partial charge in [0.1, 0.15) is 5.75 Å². The van der Waals surface area contributed by atoms with Gasteiger partial charge in [-0.1, -0.05) is 18.2 Å². The van der Waals surface area contributed by atoms with Gasteiger partial charge in [-0.2, -0.15) is 13.2 Å². The van der Waals surface area contributed by atoms with Gasteiger partial charge in [-0.25, -0.2) is 8.42 Å². The van der Waals surface area contributed by atoms with Gasteiger partial charge in [0.25, 0.3) is 15.9 Å². The lowest BCUT2D eigenvalue weighted by Crippen LogP contribution is -2.30. The maximum atomic E-state index is 12.9. The van der Waals surface area contributed by atoms with E-state index in [2.05, 4.69) is 10.0 Å². The van der Waals surface area contributed by atoms with E-state index in [9.17, 15) is 26.4 Å². The number of benzene rings is 3. The minimum atomic E-state index is -4.60. The molecule has 0 aromatic heterocycles. The summed E-state index contributed by atoms with van der Waals surface area (Å²) in [6.45, 7) is 5.42. The smallest absolute Gasteiger partial charge is 0.416 e. The van der Waals surface area contributed by atoms with Crippen LogP contribution < -0.4 is 14.8 Å². The number of anilines is 2. The molecule has 10 heteroatoms. The van der Waals surface area contributed by atoms with Crippen LogP contribution in [0.5, 0.6) is 5.75 Å². The number of hydrogen-bond donors (Lipinski definition) is 2. The summed E-state index contributed by atoms with van der Waals surface area (Å²) in [6, 6.07) is 14.7. The Balaban J connectivity index is 1.67. The van der Waals surface area contributed by atoms with Crippen molar-refractivity contribution in [3.8, 4) is 5.75 Å². The van der Waals surface area contributed by atoms with Crippen LogP contribution in [0, 0.1) is 13.8 Å². The van der Waals surface area contributed by atoms with Crippen molar-refractivity contribution in [2.24, 2.45) is 0 Å². The van der Waals surface area contributed by atoms with Crippen molar-refractivity contribution in [1.82, 2.24) is 0 Å². The van der Waals surface area contributed by atoms with Gasteiger partial charge in [0.15, 0.2) is 6.10 Å². The highest BCUT2D eigenvalue weighted by molar-refractivity contribution is 7.92. The molecule has 0 saturated heterocycles. The Kier molecular flexibility index (Phi) is 7.21. The van der Waals surface area contributed by atoms with Crippen LogP contribution in [0.15, 0.2) is 71.6 Å². The lowest BCUT2D eigenvalue weighted by Gasteiger charge is -2.17. The molecule has 0 saturated carbocycles. The zero-order valence-corrected chi connectivity index (χ0v) is 19.4. The standard InChI is InChI=1S/C24H23F3N2O4S/c1-15-6-4-9-22(16(15)2)33-17(3)23(30)28-19-10-12-21(13-11-19)34(31,32)29-20-8-5-7-18(14-20)24(25,26)27/h4-14,17,29H,1-3H3,(H,28,30). The molecule has 180 valence electrons. The van der Waals surface area contributed by atoms with Gasteiger partial charge in [-0.3, -0.25) is 9.52 Å². The Bertz CT molecular complexity index is 1290. The molecule has 1 atom stereocenters. The van der Waals surface area contributed by atoms with Gasteiger partial charge in [0.05, 0.1) is 10.5 Å². The Labute approximate surface area is 195 Å². The van der Waals surface area contributed by atoms with E-state index in [1.54, 1.807) is 13.0 Å². The predicted octanol–water partition coefficient (Wildman–Crippen LogP) is 5.53. The second kappa shape index (κ2) is 9.76. The Morgan fingerprint density at radius 3 is 2.24 bits per heavy atom. The molecule has 0 aliphatic heterocycles. The SMILES string of the molecule is Cc1cccc(OC(C)C(=O)Nc2ccc(S(=O)(=O)Nc3cccc(C(F)(F)F)c3)cc2)c1C. The average molecular weight is 493 g/mol. The Hall–Kier alpha value is -3.53. The fourth-order valence-electron chi connectivity index (χ4n) is 3.03. The predicted molar refractivity (Wildman–Crippen MR) is 123 cm³/mol. The van der Waals surface area contributed by atoms with E-state index in [-0.39, 0.29) is 10.6 Å². The van der Waals surface area contributed by atoms with Crippen LogP contribution in [0.2, 0.25) is 0 Å². The lowest BCUT2D eigenvalue weighted by atomic mass is 10.1. The molecule has 0 aliphatic rings. The first-order valence-corrected chi connectivity index (χ1v) is 11.7. The third kappa shape index (κ3) is 6.07. The molecule has 6 nitrogen and oxygen atoms in total. The average Bonchev–Trinajstić information content (AvgIpc) is 2.76. The number of aryl methyl sites for hydroxylation is 1. The minimum absolute atomic E-state index is 0.178. The monoisotopic (exact) mass is 492 g/mol. The van der Waals surface area contributed by atoms with Crippen LogP contribution in [0.3, 0.4) is 0 Å². The van der Waals surface area contributed by atoms with E-state index in [1.807, 2.05) is 26.0 Å². The normalized spacial score (nSPS) is 12.6. The first-order chi connectivity index (χ1) is 15.9. The van der Waals surface area contributed by atoms with Crippen molar-refractivity contribution >= 4 is 27.3 Å². The molecule has 1 amide bonds. The van der Waals surface area contributed by atoms with Crippen molar-refractivity contribution in [3.63, 3.8) is 0 Å². The molecule has 0 heterocycles. The van der Waals surface area contributed by atoms with Crippen LogP contribution in [-0.2, 0) is 21.0 Å². The highest BCUT2D eigenvalue weighted by Gasteiger charge is 2.30. The third-order valence-electron chi connectivity index (χ3n) is 5.10. The van der Waals surface area contributed by atoms with Gasteiger partial charge in [-0.05, 0) is 80.4 Å². The summed E-state index contributed by atoms with van der Waals surface area (Å²) in [5.74, 6) is 0.156. The van der Waals surface area contributed by atoms with Crippen LogP contribution in [0.25, 0.3) is 0 Å². The number of hydrogen-bond acceptors (Lipinski definition) is 4. The molecule has 1 unspecified atom stereocenters. The second-order valence-corrected chi connectivity index (χ2v) is 9.34.